The van der Waals surface area contributed by atoms with E-state index in [0.717, 1.165) is 12.8 Å². The van der Waals surface area contributed by atoms with Crippen molar-refractivity contribution in [1.82, 2.24) is 5.32 Å². The molecule has 106 valence electrons. The Hall–Kier alpha value is -1.14. The van der Waals surface area contributed by atoms with Gasteiger partial charge in [0.2, 0.25) is 5.91 Å². The number of hydrogen-bond donors (Lipinski definition) is 3. The maximum Gasteiger partial charge on any atom is 0.332 e. The maximum absolute atomic E-state index is 11.6. The highest BCUT2D eigenvalue weighted by molar-refractivity contribution is 6.01. The number of aliphatic hydroxyl groups excluding tert-OH is 1. The van der Waals surface area contributed by atoms with E-state index >= 15 is 0 Å². The van der Waals surface area contributed by atoms with Crippen LogP contribution in [-0.4, -0.2) is 42.8 Å². The van der Waals surface area contributed by atoms with Crippen molar-refractivity contribution in [3.63, 3.8) is 0 Å². The van der Waals surface area contributed by atoms with Gasteiger partial charge in [-0.25, -0.2) is 4.79 Å². The van der Waals surface area contributed by atoms with Gasteiger partial charge in [0, 0.05) is 12.0 Å². The molecule has 6 heteroatoms. The minimum atomic E-state index is -1.31. The molecule has 0 aromatic rings. The van der Waals surface area contributed by atoms with E-state index in [1.807, 2.05) is 13.8 Å². The first-order valence-electron chi connectivity index (χ1n) is 6.27. The van der Waals surface area contributed by atoms with Crippen molar-refractivity contribution in [2.45, 2.75) is 39.7 Å². The number of ether oxygens (including phenoxy) is 1. The van der Waals surface area contributed by atoms with Crippen LogP contribution in [0.25, 0.3) is 0 Å². The minimum absolute atomic E-state index is 0.0189. The smallest absolute Gasteiger partial charge is 0.332 e. The number of nitrogens with one attached hydrogen (secondary N) is 1. The first-order valence-corrected chi connectivity index (χ1v) is 6.27. The molecule has 0 rings (SSSR count). The molecule has 0 saturated heterocycles. The second-order valence-electron chi connectivity index (χ2n) is 4.31. The van der Waals surface area contributed by atoms with Gasteiger partial charge in [-0.2, -0.15) is 0 Å². The van der Waals surface area contributed by atoms with Gasteiger partial charge in [-0.05, 0) is 19.8 Å². The monoisotopic (exact) mass is 260 g/mol. The lowest BCUT2D eigenvalue weighted by Gasteiger charge is -2.29. The van der Waals surface area contributed by atoms with Crippen molar-refractivity contribution < 1.29 is 19.4 Å². The molecule has 1 unspecified atom stereocenters. The highest BCUT2D eigenvalue weighted by atomic mass is 16.5. The van der Waals surface area contributed by atoms with E-state index in [1.54, 1.807) is 6.92 Å². The minimum Gasteiger partial charge on any atom is -0.464 e. The van der Waals surface area contributed by atoms with E-state index in [-0.39, 0.29) is 18.6 Å². The van der Waals surface area contributed by atoms with Crippen LogP contribution in [0, 0.1) is 5.41 Å². The Morgan fingerprint density at radius 2 is 1.89 bits per heavy atom. The van der Waals surface area contributed by atoms with Gasteiger partial charge in [0.25, 0.3) is 0 Å². The third-order valence-corrected chi connectivity index (χ3v) is 3.30. The fourth-order valence-corrected chi connectivity index (χ4v) is 1.50. The fourth-order valence-electron chi connectivity index (χ4n) is 1.50. The van der Waals surface area contributed by atoms with E-state index in [0.29, 0.717) is 6.54 Å². The van der Waals surface area contributed by atoms with E-state index < -0.39 is 17.9 Å². The molecule has 0 saturated carbocycles. The molecule has 4 N–H and O–H groups in total. The van der Waals surface area contributed by atoms with Crippen LogP contribution >= 0.6 is 0 Å². The van der Waals surface area contributed by atoms with Crippen molar-refractivity contribution in [3.8, 4) is 0 Å². The molecule has 0 aliphatic heterocycles. The van der Waals surface area contributed by atoms with E-state index in [4.69, 9.17) is 5.73 Å². The summed E-state index contributed by atoms with van der Waals surface area (Å²) in [5.41, 5.74) is 5.09. The molecule has 18 heavy (non-hydrogen) atoms. The summed E-state index contributed by atoms with van der Waals surface area (Å²) in [6.07, 6.45) is 1.46. The summed E-state index contributed by atoms with van der Waals surface area (Å²) in [6.45, 7) is 5.99. The third kappa shape index (κ3) is 4.62. The maximum atomic E-state index is 11.6. The molecule has 0 aliphatic rings. The average molecular weight is 260 g/mol. The van der Waals surface area contributed by atoms with Crippen LogP contribution in [0.1, 0.15) is 33.6 Å². The Morgan fingerprint density at radius 3 is 2.28 bits per heavy atom. The molecule has 0 fully saturated rings. The Labute approximate surface area is 108 Å². The largest absolute Gasteiger partial charge is 0.464 e. The first kappa shape index (κ1) is 16.9. The average Bonchev–Trinajstić information content (AvgIpc) is 2.40. The van der Waals surface area contributed by atoms with Gasteiger partial charge >= 0.3 is 5.97 Å². The molecule has 0 spiro atoms. The van der Waals surface area contributed by atoms with E-state index in [9.17, 15) is 14.7 Å². The Bertz CT molecular complexity index is 269. The van der Waals surface area contributed by atoms with Crippen LogP contribution in [0.15, 0.2) is 0 Å². The van der Waals surface area contributed by atoms with Gasteiger partial charge in [-0.1, -0.05) is 13.8 Å². The molecule has 6 nitrogen and oxygen atoms in total. The van der Waals surface area contributed by atoms with Gasteiger partial charge in [0.1, 0.15) is 0 Å². The van der Waals surface area contributed by atoms with Crippen molar-refractivity contribution in [2.24, 2.45) is 11.1 Å². The summed E-state index contributed by atoms with van der Waals surface area (Å²) < 4.78 is 4.66. The zero-order valence-electron chi connectivity index (χ0n) is 11.4. The molecule has 0 aromatic carbocycles. The second kappa shape index (κ2) is 8.05. The molecule has 1 atom stereocenters. The molecule has 0 bridgehead atoms. The Morgan fingerprint density at radius 1 is 1.33 bits per heavy atom. The zero-order chi connectivity index (χ0) is 14.2. The zero-order valence-corrected chi connectivity index (χ0v) is 11.4. The van der Waals surface area contributed by atoms with Gasteiger partial charge in [0.15, 0.2) is 6.04 Å². The van der Waals surface area contributed by atoms with Crippen LogP contribution in [0.4, 0.5) is 0 Å². The van der Waals surface area contributed by atoms with Crippen molar-refractivity contribution in [2.75, 3.05) is 19.8 Å². The standard InChI is InChI=1S/C12H24N2O4/c1-4-12(5-2,8-15)7-14-10(16)9(13)11(17)18-6-3/h9,15H,4-8,13H2,1-3H3,(H,14,16). The number of nitrogens with two attached hydrogens (primary N) is 1. The van der Waals surface area contributed by atoms with Gasteiger partial charge in [-0.3, -0.25) is 4.79 Å². The van der Waals surface area contributed by atoms with E-state index in [1.165, 1.54) is 0 Å². The van der Waals surface area contributed by atoms with Crippen LogP contribution in [-0.2, 0) is 14.3 Å². The number of carbonyl (C=O) groups is 2. The number of hydrogen-bond acceptors (Lipinski definition) is 5. The fraction of sp³-hybridized carbons (Fsp3) is 0.833. The summed E-state index contributed by atoms with van der Waals surface area (Å²) in [5, 5.41) is 11.9. The second-order valence-corrected chi connectivity index (χ2v) is 4.31. The molecule has 0 aliphatic carbocycles. The summed E-state index contributed by atoms with van der Waals surface area (Å²) in [5.74, 6) is -1.31. The normalized spacial score (nSPS) is 12.9. The number of aliphatic hydroxyl groups is 1. The summed E-state index contributed by atoms with van der Waals surface area (Å²) in [6, 6.07) is -1.31. The predicted molar refractivity (Wildman–Crippen MR) is 67.7 cm³/mol. The number of rotatable bonds is 8. The van der Waals surface area contributed by atoms with Crippen LogP contribution in [0.5, 0.6) is 0 Å². The first-order chi connectivity index (χ1) is 8.46. The molecular weight excluding hydrogens is 236 g/mol. The highest BCUT2D eigenvalue weighted by Crippen LogP contribution is 2.24. The number of esters is 1. The van der Waals surface area contributed by atoms with Crippen LogP contribution in [0.2, 0.25) is 0 Å². The molecule has 1 amide bonds. The van der Waals surface area contributed by atoms with Crippen molar-refractivity contribution in [3.05, 3.63) is 0 Å². The third-order valence-electron chi connectivity index (χ3n) is 3.30. The Balaban J connectivity index is 4.36. The molecule has 0 heterocycles. The lowest BCUT2D eigenvalue weighted by atomic mass is 9.83. The number of carbonyl (C=O) groups excluding carboxylic acids is 2. The Kier molecular flexibility index (Phi) is 7.54. The van der Waals surface area contributed by atoms with Crippen molar-refractivity contribution in [1.29, 1.82) is 0 Å². The van der Waals surface area contributed by atoms with Crippen LogP contribution in [0.3, 0.4) is 0 Å². The van der Waals surface area contributed by atoms with Gasteiger partial charge in [-0.15, -0.1) is 0 Å². The lowest BCUT2D eigenvalue weighted by molar-refractivity contribution is -0.148. The van der Waals surface area contributed by atoms with E-state index in [2.05, 4.69) is 10.1 Å². The molecular formula is C12H24N2O4. The topological polar surface area (TPSA) is 102 Å². The van der Waals surface area contributed by atoms with Crippen LogP contribution < -0.4 is 11.1 Å². The lowest BCUT2D eigenvalue weighted by Crippen LogP contribution is -2.50. The quantitative estimate of drug-likeness (QED) is 0.414. The molecule has 0 radical (unpaired) electrons. The summed E-state index contributed by atoms with van der Waals surface area (Å²) in [7, 11) is 0. The summed E-state index contributed by atoms with van der Waals surface area (Å²) in [4.78, 5) is 22.9. The predicted octanol–water partition coefficient (Wildman–Crippen LogP) is -0.208. The number of amides is 1. The van der Waals surface area contributed by atoms with Gasteiger partial charge in [0.05, 0.1) is 13.2 Å². The highest BCUT2D eigenvalue weighted by Gasteiger charge is 2.29. The van der Waals surface area contributed by atoms with Gasteiger partial charge < -0.3 is 20.9 Å². The SMILES string of the molecule is CCOC(=O)C(N)C(=O)NCC(CC)(CC)CO. The summed E-state index contributed by atoms with van der Waals surface area (Å²) >= 11 is 0. The van der Waals surface area contributed by atoms with Crippen molar-refractivity contribution >= 4 is 11.9 Å². The molecule has 0 aromatic heterocycles.